The molecule has 1 aromatic rings. The molecule has 0 saturated heterocycles. The van der Waals surface area contributed by atoms with Crippen LogP contribution in [0.5, 0.6) is 0 Å². The summed E-state index contributed by atoms with van der Waals surface area (Å²) in [5.74, 6) is 1.04. The fourth-order valence-corrected chi connectivity index (χ4v) is 1.30. The Balaban J connectivity index is 2.18. The van der Waals surface area contributed by atoms with Crippen LogP contribution in [0.3, 0.4) is 0 Å². The van der Waals surface area contributed by atoms with Crippen LogP contribution in [0.25, 0.3) is 0 Å². The minimum Gasteiger partial charge on any atom is -0.388 e. The molecule has 0 radical (unpaired) electrons. The summed E-state index contributed by atoms with van der Waals surface area (Å²) in [7, 11) is 0. The normalized spacial score (nSPS) is 13.8. The van der Waals surface area contributed by atoms with Gasteiger partial charge in [-0.05, 0) is 18.4 Å². The molecular weight excluding hydrogens is 200 g/mol. The average Bonchev–Trinajstić information content (AvgIpc) is 2.28. The lowest BCUT2D eigenvalue weighted by atomic mass is 10.2. The minimum absolute atomic E-state index is 0.405. The van der Waals surface area contributed by atoms with Gasteiger partial charge in [-0.3, -0.25) is 4.99 Å². The van der Waals surface area contributed by atoms with Crippen molar-refractivity contribution in [2.75, 3.05) is 13.2 Å². The minimum atomic E-state index is 0.405. The zero-order valence-electron chi connectivity index (χ0n) is 10.0. The Labute approximate surface area is 97.3 Å². The van der Waals surface area contributed by atoms with Crippen LogP contribution in [0.4, 0.5) is 0 Å². The highest BCUT2D eigenvalue weighted by Gasteiger charge is 2.01. The molecule has 0 aliphatic rings. The highest BCUT2D eigenvalue weighted by atomic mass is 16.5. The Hall–Kier alpha value is -1.35. The van der Waals surface area contributed by atoms with Gasteiger partial charge in [-0.1, -0.05) is 37.3 Å². The fraction of sp³-hybridized carbons (Fsp3) is 0.462. The lowest BCUT2D eigenvalue weighted by Crippen LogP contribution is -2.13. The quantitative estimate of drug-likeness (QED) is 0.590. The highest BCUT2D eigenvalue weighted by molar-refractivity contribution is 5.77. The molecule has 0 amide bonds. The summed E-state index contributed by atoms with van der Waals surface area (Å²) in [5, 5.41) is 0. The van der Waals surface area contributed by atoms with E-state index in [1.165, 1.54) is 5.56 Å². The van der Waals surface area contributed by atoms with Gasteiger partial charge in [0.15, 0.2) is 0 Å². The van der Waals surface area contributed by atoms with E-state index in [1.54, 1.807) is 6.92 Å². The summed E-state index contributed by atoms with van der Waals surface area (Å²) in [5.41, 5.74) is 6.67. The molecule has 3 heteroatoms. The van der Waals surface area contributed by atoms with Crippen LogP contribution in [0.1, 0.15) is 19.4 Å². The van der Waals surface area contributed by atoms with Crippen LogP contribution >= 0.6 is 0 Å². The van der Waals surface area contributed by atoms with E-state index in [2.05, 4.69) is 24.0 Å². The van der Waals surface area contributed by atoms with Gasteiger partial charge in [0.25, 0.3) is 0 Å². The number of hydrogen-bond donors (Lipinski definition) is 1. The van der Waals surface area contributed by atoms with Crippen molar-refractivity contribution in [3.05, 3.63) is 35.9 Å². The van der Waals surface area contributed by atoms with Gasteiger partial charge in [-0.25, -0.2) is 0 Å². The number of nitrogens with two attached hydrogens (primary N) is 1. The van der Waals surface area contributed by atoms with Crippen LogP contribution in [-0.4, -0.2) is 19.0 Å². The molecule has 1 unspecified atom stereocenters. The van der Waals surface area contributed by atoms with Crippen LogP contribution in [0.15, 0.2) is 35.3 Å². The van der Waals surface area contributed by atoms with Crippen molar-refractivity contribution in [3.63, 3.8) is 0 Å². The van der Waals surface area contributed by atoms with Gasteiger partial charge in [0.05, 0.1) is 19.0 Å². The first-order valence-electron chi connectivity index (χ1n) is 5.56. The van der Waals surface area contributed by atoms with Gasteiger partial charge in [0.2, 0.25) is 0 Å². The zero-order chi connectivity index (χ0) is 11.8. The lowest BCUT2D eigenvalue weighted by Gasteiger charge is -2.09. The molecular formula is C13H20N2O. The first-order chi connectivity index (χ1) is 7.68. The SMILES string of the molecule is CC(N)=NCC(C)COCc1ccccc1. The Morgan fingerprint density at radius 2 is 2.06 bits per heavy atom. The predicted molar refractivity (Wildman–Crippen MR) is 67.4 cm³/mol. The number of amidine groups is 1. The molecule has 3 nitrogen and oxygen atoms in total. The summed E-state index contributed by atoms with van der Waals surface area (Å²) in [4.78, 5) is 4.16. The summed E-state index contributed by atoms with van der Waals surface area (Å²) in [6.45, 7) is 6.02. The van der Waals surface area contributed by atoms with Gasteiger partial charge < -0.3 is 10.5 Å². The maximum absolute atomic E-state index is 5.60. The van der Waals surface area contributed by atoms with E-state index in [4.69, 9.17) is 10.5 Å². The van der Waals surface area contributed by atoms with Gasteiger partial charge in [0.1, 0.15) is 0 Å². The Kier molecular flexibility index (Phi) is 5.57. The number of hydrogen-bond acceptors (Lipinski definition) is 2. The standard InChI is InChI=1S/C13H20N2O/c1-11(8-15-12(2)14)9-16-10-13-6-4-3-5-7-13/h3-7,11H,8-10H2,1-2H3,(H2,14,15). The summed E-state index contributed by atoms with van der Waals surface area (Å²) in [6.07, 6.45) is 0. The Morgan fingerprint density at radius 3 is 2.69 bits per heavy atom. The average molecular weight is 220 g/mol. The Morgan fingerprint density at radius 1 is 1.38 bits per heavy atom. The van der Waals surface area contributed by atoms with E-state index in [0.717, 1.165) is 6.54 Å². The number of nitrogens with zero attached hydrogens (tertiary/aromatic N) is 1. The maximum Gasteiger partial charge on any atom is 0.0905 e. The summed E-state index contributed by atoms with van der Waals surface area (Å²) >= 11 is 0. The lowest BCUT2D eigenvalue weighted by molar-refractivity contribution is 0.0945. The molecule has 16 heavy (non-hydrogen) atoms. The molecule has 0 heterocycles. The van der Waals surface area contributed by atoms with E-state index in [1.807, 2.05) is 18.2 Å². The number of benzene rings is 1. The van der Waals surface area contributed by atoms with Crippen molar-refractivity contribution in [2.45, 2.75) is 20.5 Å². The van der Waals surface area contributed by atoms with Crippen LogP contribution in [0.2, 0.25) is 0 Å². The predicted octanol–water partition coefficient (Wildman–Crippen LogP) is 2.22. The first kappa shape index (κ1) is 12.7. The number of ether oxygens (including phenoxy) is 1. The topological polar surface area (TPSA) is 47.6 Å². The van der Waals surface area contributed by atoms with Crippen molar-refractivity contribution in [1.29, 1.82) is 0 Å². The van der Waals surface area contributed by atoms with Crippen molar-refractivity contribution in [2.24, 2.45) is 16.6 Å². The molecule has 0 bridgehead atoms. The van der Waals surface area contributed by atoms with Gasteiger partial charge in [0, 0.05) is 6.54 Å². The second kappa shape index (κ2) is 7.01. The van der Waals surface area contributed by atoms with Gasteiger partial charge in [-0.2, -0.15) is 0 Å². The highest BCUT2D eigenvalue weighted by Crippen LogP contribution is 2.03. The summed E-state index contributed by atoms with van der Waals surface area (Å²) < 4.78 is 5.60. The van der Waals surface area contributed by atoms with E-state index in [-0.39, 0.29) is 0 Å². The van der Waals surface area contributed by atoms with E-state index < -0.39 is 0 Å². The molecule has 1 rings (SSSR count). The molecule has 1 atom stereocenters. The summed E-state index contributed by atoms with van der Waals surface area (Å²) in [6, 6.07) is 10.2. The third-order valence-electron chi connectivity index (χ3n) is 2.17. The molecule has 0 spiro atoms. The van der Waals surface area contributed by atoms with Crippen LogP contribution in [-0.2, 0) is 11.3 Å². The molecule has 0 aliphatic carbocycles. The second-order valence-electron chi connectivity index (χ2n) is 4.09. The molecule has 0 saturated carbocycles. The van der Waals surface area contributed by atoms with Crippen molar-refractivity contribution < 1.29 is 4.74 Å². The van der Waals surface area contributed by atoms with Crippen molar-refractivity contribution in [1.82, 2.24) is 0 Å². The number of rotatable bonds is 6. The monoisotopic (exact) mass is 220 g/mol. The third kappa shape index (κ3) is 5.51. The van der Waals surface area contributed by atoms with E-state index >= 15 is 0 Å². The smallest absolute Gasteiger partial charge is 0.0905 e. The molecule has 1 aromatic carbocycles. The molecule has 88 valence electrons. The zero-order valence-corrected chi connectivity index (χ0v) is 10.0. The van der Waals surface area contributed by atoms with E-state index in [0.29, 0.717) is 25.0 Å². The molecule has 0 aliphatic heterocycles. The van der Waals surface area contributed by atoms with Crippen LogP contribution < -0.4 is 5.73 Å². The Bertz CT molecular complexity index is 318. The molecule has 2 N–H and O–H groups in total. The first-order valence-corrected chi connectivity index (χ1v) is 5.56. The number of aliphatic imine (C=N–C) groups is 1. The molecule has 0 aromatic heterocycles. The second-order valence-corrected chi connectivity index (χ2v) is 4.09. The largest absolute Gasteiger partial charge is 0.388 e. The van der Waals surface area contributed by atoms with Gasteiger partial charge >= 0.3 is 0 Å². The van der Waals surface area contributed by atoms with Crippen molar-refractivity contribution in [3.8, 4) is 0 Å². The maximum atomic E-state index is 5.60. The third-order valence-corrected chi connectivity index (χ3v) is 2.17. The molecule has 0 fully saturated rings. The van der Waals surface area contributed by atoms with Crippen LogP contribution in [0, 0.1) is 5.92 Å². The van der Waals surface area contributed by atoms with Gasteiger partial charge in [-0.15, -0.1) is 0 Å². The van der Waals surface area contributed by atoms with Crippen molar-refractivity contribution >= 4 is 5.84 Å². The fourth-order valence-electron chi connectivity index (χ4n) is 1.30. The van der Waals surface area contributed by atoms with E-state index in [9.17, 15) is 0 Å².